The molecule has 1 N–H and O–H groups in total. The highest BCUT2D eigenvalue weighted by Gasteiger charge is 2.19. The molecule has 0 unspecified atom stereocenters. The Labute approximate surface area is 138 Å². The van der Waals surface area contributed by atoms with Crippen LogP contribution in [0.2, 0.25) is 0 Å². The van der Waals surface area contributed by atoms with E-state index < -0.39 is 0 Å². The minimum Gasteiger partial charge on any atom is -0.494 e. The van der Waals surface area contributed by atoms with Crippen LogP contribution < -0.4 is 10.1 Å². The summed E-state index contributed by atoms with van der Waals surface area (Å²) in [6.07, 6.45) is 4.14. The highest BCUT2D eigenvalue weighted by Crippen LogP contribution is 2.18. The zero-order chi connectivity index (χ0) is 16.7. The summed E-state index contributed by atoms with van der Waals surface area (Å²) >= 11 is 0. The lowest BCUT2D eigenvalue weighted by Crippen LogP contribution is -2.44. The molecule has 1 aromatic rings. The maximum absolute atomic E-state index is 13.6. The van der Waals surface area contributed by atoms with E-state index in [1.54, 1.807) is 12.1 Å². The van der Waals surface area contributed by atoms with Crippen LogP contribution in [0.15, 0.2) is 18.2 Å². The summed E-state index contributed by atoms with van der Waals surface area (Å²) in [6.45, 7) is 5.45. The molecule has 128 valence electrons. The molecule has 4 nitrogen and oxygen atoms in total. The van der Waals surface area contributed by atoms with Gasteiger partial charge in [-0.3, -0.25) is 4.79 Å². The van der Waals surface area contributed by atoms with Crippen LogP contribution in [0.4, 0.5) is 4.39 Å². The molecular formula is C18H27FN2O2. The molecule has 0 radical (unpaired) electrons. The lowest BCUT2D eigenvalue weighted by atomic mass is 10.0. The number of carbonyl (C=O) groups is 1. The Morgan fingerprint density at radius 3 is 2.74 bits per heavy atom. The number of methoxy groups -OCH3 is 1. The lowest BCUT2D eigenvalue weighted by molar-refractivity contribution is -0.122. The number of rotatable bonds is 7. The average molecular weight is 322 g/mol. The monoisotopic (exact) mass is 322 g/mol. The topological polar surface area (TPSA) is 41.6 Å². The Bertz CT molecular complexity index is 514. The molecule has 1 aromatic carbocycles. The van der Waals surface area contributed by atoms with E-state index in [4.69, 9.17) is 4.74 Å². The Morgan fingerprint density at radius 1 is 1.39 bits per heavy atom. The highest BCUT2D eigenvalue weighted by molar-refractivity contribution is 5.76. The predicted molar refractivity (Wildman–Crippen MR) is 89.2 cm³/mol. The molecule has 1 aliphatic heterocycles. The van der Waals surface area contributed by atoms with E-state index in [1.807, 2.05) is 0 Å². The molecule has 2 rings (SSSR count). The second-order valence-electron chi connectivity index (χ2n) is 6.15. The fourth-order valence-electron chi connectivity index (χ4n) is 3.04. The van der Waals surface area contributed by atoms with Crippen molar-refractivity contribution in [3.05, 3.63) is 29.6 Å². The van der Waals surface area contributed by atoms with Crippen LogP contribution >= 0.6 is 0 Å². The fraction of sp³-hybridized carbons (Fsp3) is 0.611. The van der Waals surface area contributed by atoms with Crippen LogP contribution in [-0.4, -0.2) is 43.6 Å². The standard InChI is InChI=1S/C18H27FN2O2/c1-3-10-21-11-8-15(9-12-21)20-18(22)7-5-14-4-6-17(23-2)16(19)13-14/h4,6,13,15H,3,5,7-12H2,1-2H3,(H,20,22). The summed E-state index contributed by atoms with van der Waals surface area (Å²) in [7, 11) is 1.44. The van der Waals surface area contributed by atoms with Gasteiger partial charge < -0.3 is 15.0 Å². The van der Waals surface area contributed by atoms with Crippen molar-refractivity contribution in [1.29, 1.82) is 0 Å². The molecule has 1 aliphatic rings. The van der Waals surface area contributed by atoms with Crippen LogP contribution in [0.3, 0.4) is 0 Å². The van der Waals surface area contributed by atoms with Gasteiger partial charge in [0, 0.05) is 25.6 Å². The van der Waals surface area contributed by atoms with E-state index in [2.05, 4.69) is 17.1 Å². The third-order valence-corrected chi connectivity index (χ3v) is 4.35. The van der Waals surface area contributed by atoms with E-state index in [9.17, 15) is 9.18 Å². The van der Waals surface area contributed by atoms with E-state index in [-0.39, 0.29) is 23.5 Å². The molecule has 0 aromatic heterocycles. The van der Waals surface area contributed by atoms with Crippen LogP contribution in [0.25, 0.3) is 0 Å². The molecule has 23 heavy (non-hydrogen) atoms. The maximum Gasteiger partial charge on any atom is 0.220 e. The lowest BCUT2D eigenvalue weighted by Gasteiger charge is -2.32. The van der Waals surface area contributed by atoms with E-state index in [0.29, 0.717) is 12.8 Å². The zero-order valence-electron chi connectivity index (χ0n) is 14.1. The maximum atomic E-state index is 13.6. The number of hydrogen-bond donors (Lipinski definition) is 1. The number of ether oxygens (including phenoxy) is 1. The van der Waals surface area contributed by atoms with Crippen molar-refractivity contribution in [2.24, 2.45) is 0 Å². The molecule has 1 fully saturated rings. The third kappa shape index (κ3) is 5.50. The van der Waals surface area contributed by atoms with Gasteiger partial charge in [-0.25, -0.2) is 4.39 Å². The first-order chi connectivity index (χ1) is 11.1. The number of halogens is 1. The molecule has 1 heterocycles. The number of likely N-dealkylation sites (tertiary alicyclic amines) is 1. The Morgan fingerprint density at radius 2 is 2.13 bits per heavy atom. The van der Waals surface area contributed by atoms with Gasteiger partial charge in [-0.2, -0.15) is 0 Å². The van der Waals surface area contributed by atoms with Gasteiger partial charge >= 0.3 is 0 Å². The highest BCUT2D eigenvalue weighted by atomic mass is 19.1. The van der Waals surface area contributed by atoms with E-state index in [0.717, 1.165) is 38.0 Å². The largest absolute Gasteiger partial charge is 0.494 e. The molecule has 1 saturated heterocycles. The molecule has 0 bridgehead atoms. The number of piperidine rings is 1. The molecule has 0 atom stereocenters. The number of carbonyl (C=O) groups excluding carboxylic acids is 1. The van der Waals surface area contributed by atoms with Crippen molar-refractivity contribution in [3.63, 3.8) is 0 Å². The smallest absolute Gasteiger partial charge is 0.220 e. The number of hydrogen-bond acceptors (Lipinski definition) is 3. The number of aryl methyl sites for hydroxylation is 1. The Kier molecular flexibility index (Phi) is 6.84. The van der Waals surface area contributed by atoms with Crippen LogP contribution in [-0.2, 0) is 11.2 Å². The summed E-state index contributed by atoms with van der Waals surface area (Å²) < 4.78 is 18.5. The SMILES string of the molecule is CCCN1CCC(NC(=O)CCc2ccc(OC)c(F)c2)CC1. The van der Waals surface area contributed by atoms with Gasteiger partial charge in [0.2, 0.25) is 5.91 Å². The van der Waals surface area contributed by atoms with Crippen molar-refractivity contribution >= 4 is 5.91 Å². The number of amides is 1. The minimum absolute atomic E-state index is 0.0511. The van der Waals surface area contributed by atoms with Crippen LogP contribution in [0.1, 0.15) is 38.2 Å². The van der Waals surface area contributed by atoms with E-state index in [1.165, 1.54) is 19.6 Å². The van der Waals surface area contributed by atoms with Crippen LogP contribution in [0, 0.1) is 5.82 Å². The first-order valence-corrected chi connectivity index (χ1v) is 8.46. The van der Waals surface area contributed by atoms with Crippen molar-refractivity contribution in [2.45, 2.75) is 45.1 Å². The van der Waals surface area contributed by atoms with Gasteiger partial charge in [0.05, 0.1) is 7.11 Å². The summed E-state index contributed by atoms with van der Waals surface area (Å²) in [5.41, 5.74) is 0.816. The molecule has 1 amide bonds. The Hall–Kier alpha value is -1.62. The first-order valence-electron chi connectivity index (χ1n) is 8.46. The van der Waals surface area contributed by atoms with E-state index >= 15 is 0 Å². The number of benzene rings is 1. The van der Waals surface area contributed by atoms with Crippen molar-refractivity contribution in [3.8, 4) is 5.75 Å². The number of nitrogens with one attached hydrogen (secondary N) is 1. The average Bonchev–Trinajstić information content (AvgIpc) is 2.55. The zero-order valence-corrected chi connectivity index (χ0v) is 14.1. The molecule has 0 saturated carbocycles. The predicted octanol–water partition coefficient (Wildman–Crippen LogP) is 2.76. The van der Waals surface area contributed by atoms with Crippen molar-refractivity contribution < 1.29 is 13.9 Å². The second-order valence-corrected chi connectivity index (χ2v) is 6.15. The molecule has 5 heteroatoms. The second kappa shape index (κ2) is 8.87. The third-order valence-electron chi connectivity index (χ3n) is 4.35. The van der Waals surface area contributed by atoms with Gasteiger partial charge in [-0.1, -0.05) is 13.0 Å². The van der Waals surface area contributed by atoms with Crippen LogP contribution in [0.5, 0.6) is 5.75 Å². The van der Waals surface area contributed by atoms with Crippen molar-refractivity contribution in [1.82, 2.24) is 10.2 Å². The van der Waals surface area contributed by atoms with Gasteiger partial charge in [0.1, 0.15) is 0 Å². The summed E-state index contributed by atoms with van der Waals surface area (Å²) in [4.78, 5) is 14.5. The quantitative estimate of drug-likeness (QED) is 0.839. The fourth-order valence-corrected chi connectivity index (χ4v) is 3.04. The first kappa shape index (κ1) is 17.7. The van der Waals surface area contributed by atoms with Gasteiger partial charge in [0.15, 0.2) is 11.6 Å². The van der Waals surface area contributed by atoms with Gasteiger partial charge in [0.25, 0.3) is 0 Å². The molecule has 0 aliphatic carbocycles. The summed E-state index contributed by atoms with van der Waals surface area (Å²) in [6, 6.07) is 5.13. The Balaban J connectivity index is 1.72. The summed E-state index contributed by atoms with van der Waals surface area (Å²) in [5.74, 6) is -0.0964. The molecular weight excluding hydrogens is 295 g/mol. The van der Waals surface area contributed by atoms with Gasteiger partial charge in [-0.05, 0) is 49.9 Å². The summed E-state index contributed by atoms with van der Waals surface area (Å²) in [5, 5.41) is 3.10. The number of nitrogens with zero attached hydrogens (tertiary/aromatic N) is 1. The normalized spacial score (nSPS) is 16.3. The molecule has 0 spiro atoms. The van der Waals surface area contributed by atoms with Gasteiger partial charge in [-0.15, -0.1) is 0 Å². The minimum atomic E-state index is -0.381. The van der Waals surface area contributed by atoms with Crippen molar-refractivity contribution in [2.75, 3.05) is 26.7 Å².